The number of hydrogen-bond acceptors (Lipinski definition) is 3. The lowest BCUT2D eigenvalue weighted by molar-refractivity contribution is 0.112. The van der Waals surface area contributed by atoms with Gasteiger partial charge in [0, 0.05) is 5.56 Å². The number of para-hydroxylation sites is 2. The molecule has 0 amide bonds. The van der Waals surface area contributed by atoms with Crippen LogP contribution in [-0.4, -0.2) is 11.4 Å². The Morgan fingerprint density at radius 1 is 1.00 bits per heavy atom. The van der Waals surface area contributed by atoms with Crippen molar-refractivity contribution in [3.8, 4) is 11.5 Å². The summed E-state index contributed by atoms with van der Waals surface area (Å²) >= 11 is 0. The van der Waals surface area contributed by atoms with E-state index in [1.54, 1.807) is 36.4 Å². The molecule has 2 aromatic rings. The highest BCUT2D eigenvalue weighted by Crippen LogP contribution is 2.27. The maximum Gasteiger partial charge on any atom is 0.153 e. The fourth-order valence-corrected chi connectivity index (χ4v) is 1.52. The van der Waals surface area contributed by atoms with Crippen molar-refractivity contribution in [2.75, 3.05) is 0 Å². The Labute approximate surface area is 99.3 Å². The number of hydrogen-bond donors (Lipinski definition) is 1. The van der Waals surface area contributed by atoms with Crippen LogP contribution in [0, 0.1) is 0 Å². The predicted molar refractivity (Wildman–Crippen MR) is 64.3 cm³/mol. The molecule has 0 atom stereocenters. The molecule has 2 rings (SSSR count). The standard InChI is InChI=1S/C14H12O3/c15-9-11-5-1-3-7-13(11)17-14-8-4-2-6-12(14)10-16/h1-9,16H,10H2. The lowest BCUT2D eigenvalue weighted by Crippen LogP contribution is -1.94. The van der Waals surface area contributed by atoms with Gasteiger partial charge >= 0.3 is 0 Å². The Morgan fingerprint density at radius 2 is 1.65 bits per heavy atom. The minimum absolute atomic E-state index is 0.0978. The summed E-state index contributed by atoms with van der Waals surface area (Å²) in [4.78, 5) is 10.8. The molecule has 0 saturated heterocycles. The molecule has 0 aromatic heterocycles. The molecule has 3 heteroatoms. The second-order valence-corrected chi connectivity index (χ2v) is 3.52. The van der Waals surface area contributed by atoms with E-state index in [1.165, 1.54) is 0 Å². The van der Waals surface area contributed by atoms with Gasteiger partial charge in [0.2, 0.25) is 0 Å². The van der Waals surface area contributed by atoms with E-state index in [4.69, 9.17) is 4.74 Å². The average Bonchev–Trinajstić information content (AvgIpc) is 2.40. The SMILES string of the molecule is O=Cc1ccccc1Oc1ccccc1CO. The van der Waals surface area contributed by atoms with Gasteiger partial charge in [-0.3, -0.25) is 4.79 Å². The van der Waals surface area contributed by atoms with E-state index < -0.39 is 0 Å². The van der Waals surface area contributed by atoms with Crippen molar-refractivity contribution in [3.63, 3.8) is 0 Å². The minimum atomic E-state index is -0.0978. The van der Waals surface area contributed by atoms with Gasteiger partial charge in [-0.05, 0) is 18.2 Å². The minimum Gasteiger partial charge on any atom is -0.456 e. The Morgan fingerprint density at radius 3 is 2.35 bits per heavy atom. The molecule has 0 unspecified atom stereocenters. The second kappa shape index (κ2) is 5.27. The van der Waals surface area contributed by atoms with Crippen LogP contribution in [0.5, 0.6) is 11.5 Å². The summed E-state index contributed by atoms with van der Waals surface area (Å²) in [6.45, 7) is -0.0978. The molecule has 0 saturated carbocycles. The second-order valence-electron chi connectivity index (χ2n) is 3.52. The molecule has 0 aliphatic rings. The zero-order valence-corrected chi connectivity index (χ0v) is 9.17. The molecule has 0 bridgehead atoms. The number of aldehydes is 1. The summed E-state index contributed by atoms with van der Waals surface area (Å²) in [5.41, 5.74) is 1.17. The molecule has 2 aromatic carbocycles. The van der Waals surface area contributed by atoms with E-state index in [-0.39, 0.29) is 6.61 Å². The molecule has 86 valence electrons. The fraction of sp³-hybridized carbons (Fsp3) is 0.0714. The van der Waals surface area contributed by atoms with Crippen LogP contribution >= 0.6 is 0 Å². The van der Waals surface area contributed by atoms with Crippen LogP contribution in [0.1, 0.15) is 15.9 Å². The lowest BCUT2D eigenvalue weighted by atomic mass is 10.2. The molecule has 1 N–H and O–H groups in total. The molecule has 0 aliphatic carbocycles. The van der Waals surface area contributed by atoms with Gasteiger partial charge < -0.3 is 9.84 Å². The smallest absolute Gasteiger partial charge is 0.153 e. The van der Waals surface area contributed by atoms with Crippen LogP contribution in [0.15, 0.2) is 48.5 Å². The molecule has 0 heterocycles. The van der Waals surface area contributed by atoms with Gasteiger partial charge in [-0.2, -0.15) is 0 Å². The molecule has 3 nitrogen and oxygen atoms in total. The summed E-state index contributed by atoms with van der Waals surface area (Å²) in [5, 5.41) is 9.17. The van der Waals surface area contributed by atoms with Gasteiger partial charge in [-0.1, -0.05) is 30.3 Å². The Balaban J connectivity index is 2.34. The topological polar surface area (TPSA) is 46.5 Å². The number of ether oxygens (including phenoxy) is 1. The van der Waals surface area contributed by atoms with Crippen LogP contribution in [0.3, 0.4) is 0 Å². The number of carbonyl (C=O) groups is 1. The summed E-state index contributed by atoms with van der Waals surface area (Å²) < 4.78 is 5.63. The van der Waals surface area contributed by atoms with Crippen LogP contribution < -0.4 is 4.74 Å². The first-order valence-electron chi connectivity index (χ1n) is 5.26. The van der Waals surface area contributed by atoms with E-state index in [9.17, 15) is 9.90 Å². The third-order valence-corrected chi connectivity index (χ3v) is 2.41. The van der Waals surface area contributed by atoms with Crippen molar-refractivity contribution in [2.45, 2.75) is 6.61 Å². The molecule has 17 heavy (non-hydrogen) atoms. The van der Waals surface area contributed by atoms with Gasteiger partial charge in [-0.15, -0.1) is 0 Å². The molecular formula is C14H12O3. The molecule has 0 fully saturated rings. The van der Waals surface area contributed by atoms with Gasteiger partial charge in [0.1, 0.15) is 11.5 Å². The van der Waals surface area contributed by atoms with Gasteiger partial charge in [0.05, 0.1) is 12.2 Å². The van der Waals surface area contributed by atoms with Crippen molar-refractivity contribution in [1.82, 2.24) is 0 Å². The highest BCUT2D eigenvalue weighted by molar-refractivity contribution is 5.79. The van der Waals surface area contributed by atoms with E-state index in [1.807, 2.05) is 12.1 Å². The first-order chi connectivity index (χ1) is 8.35. The van der Waals surface area contributed by atoms with Crippen LogP contribution in [0.4, 0.5) is 0 Å². The third kappa shape index (κ3) is 2.52. The summed E-state index contributed by atoms with van der Waals surface area (Å²) in [6, 6.07) is 14.1. The van der Waals surface area contributed by atoms with Crippen molar-refractivity contribution >= 4 is 6.29 Å². The highest BCUT2D eigenvalue weighted by Gasteiger charge is 2.06. The maximum absolute atomic E-state index is 10.8. The van der Waals surface area contributed by atoms with E-state index in [2.05, 4.69) is 0 Å². The van der Waals surface area contributed by atoms with Crippen LogP contribution in [0.2, 0.25) is 0 Å². The van der Waals surface area contributed by atoms with Crippen LogP contribution in [-0.2, 0) is 6.61 Å². The first-order valence-corrected chi connectivity index (χ1v) is 5.26. The summed E-state index contributed by atoms with van der Waals surface area (Å²) in [5.74, 6) is 1.05. The number of aliphatic hydroxyl groups excluding tert-OH is 1. The van der Waals surface area contributed by atoms with E-state index in [0.29, 0.717) is 22.6 Å². The number of rotatable bonds is 4. The lowest BCUT2D eigenvalue weighted by Gasteiger charge is -2.10. The fourth-order valence-electron chi connectivity index (χ4n) is 1.52. The zero-order valence-electron chi connectivity index (χ0n) is 9.17. The van der Waals surface area contributed by atoms with Crippen molar-refractivity contribution in [1.29, 1.82) is 0 Å². The number of carbonyl (C=O) groups excluding carboxylic acids is 1. The van der Waals surface area contributed by atoms with Crippen molar-refractivity contribution in [3.05, 3.63) is 59.7 Å². The first kappa shape index (κ1) is 11.4. The Hall–Kier alpha value is -2.13. The molecule has 0 radical (unpaired) electrons. The summed E-state index contributed by atoms with van der Waals surface area (Å²) in [7, 11) is 0. The monoisotopic (exact) mass is 228 g/mol. The summed E-state index contributed by atoms with van der Waals surface area (Å²) in [6.07, 6.45) is 0.747. The van der Waals surface area contributed by atoms with Gasteiger partial charge in [0.25, 0.3) is 0 Å². The normalized spacial score (nSPS) is 9.94. The highest BCUT2D eigenvalue weighted by atomic mass is 16.5. The number of aliphatic hydroxyl groups is 1. The van der Waals surface area contributed by atoms with E-state index in [0.717, 1.165) is 6.29 Å². The van der Waals surface area contributed by atoms with Gasteiger partial charge in [-0.25, -0.2) is 0 Å². The maximum atomic E-state index is 10.8. The molecule has 0 spiro atoms. The largest absolute Gasteiger partial charge is 0.456 e. The molecular weight excluding hydrogens is 216 g/mol. The number of benzene rings is 2. The molecule has 0 aliphatic heterocycles. The van der Waals surface area contributed by atoms with Gasteiger partial charge in [0.15, 0.2) is 6.29 Å². The quantitative estimate of drug-likeness (QED) is 0.818. The zero-order chi connectivity index (χ0) is 12.1. The predicted octanol–water partition coefficient (Wildman–Crippen LogP) is 2.78. The average molecular weight is 228 g/mol. The van der Waals surface area contributed by atoms with E-state index >= 15 is 0 Å². The van der Waals surface area contributed by atoms with Crippen molar-refractivity contribution < 1.29 is 14.6 Å². The van der Waals surface area contributed by atoms with Crippen LogP contribution in [0.25, 0.3) is 0 Å². The van der Waals surface area contributed by atoms with Crippen molar-refractivity contribution in [2.24, 2.45) is 0 Å². The Bertz CT molecular complexity index is 520. The Kier molecular flexibility index (Phi) is 3.52. The third-order valence-electron chi connectivity index (χ3n) is 2.41.